The van der Waals surface area contributed by atoms with Crippen molar-refractivity contribution in [3.63, 3.8) is 0 Å². The van der Waals surface area contributed by atoms with Crippen LogP contribution >= 0.6 is 0 Å². The van der Waals surface area contributed by atoms with Crippen molar-refractivity contribution < 1.29 is 0 Å². The number of hydrogen-bond acceptors (Lipinski definition) is 0. The number of benzene rings is 1. The lowest BCUT2D eigenvalue weighted by molar-refractivity contribution is 0.583. The van der Waals surface area contributed by atoms with Crippen LogP contribution in [0.3, 0.4) is 0 Å². The van der Waals surface area contributed by atoms with Crippen molar-refractivity contribution in [3.05, 3.63) is 34.4 Å². The molecule has 0 aromatic heterocycles. The molecule has 0 aliphatic rings. The summed E-state index contributed by atoms with van der Waals surface area (Å²) in [6.45, 7) is 11.4. The zero-order valence-corrected chi connectivity index (χ0v) is 11.6. The smallest absolute Gasteiger partial charge is 0.0271 e. The van der Waals surface area contributed by atoms with E-state index in [1.807, 2.05) is 0 Å². The standard InChI is InChI=1S/C16H26/c1-6-14-10-13(5)11-15(7-2)16(14)9-8-12(3)4/h10-12H,6-9H2,1-5H3. The molecule has 90 valence electrons. The van der Waals surface area contributed by atoms with Gasteiger partial charge < -0.3 is 0 Å². The van der Waals surface area contributed by atoms with Crippen molar-refractivity contribution in [2.24, 2.45) is 5.92 Å². The van der Waals surface area contributed by atoms with Gasteiger partial charge in [0.05, 0.1) is 0 Å². The molecule has 0 amide bonds. The average Bonchev–Trinajstić information content (AvgIpc) is 2.25. The first-order valence-corrected chi connectivity index (χ1v) is 6.69. The van der Waals surface area contributed by atoms with Gasteiger partial charge in [0, 0.05) is 0 Å². The molecule has 0 nitrogen and oxygen atoms in total. The molecule has 0 aliphatic heterocycles. The SMILES string of the molecule is CCc1cc(C)cc(CC)c1CCC(C)C. The van der Waals surface area contributed by atoms with Gasteiger partial charge in [-0.3, -0.25) is 0 Å². The minimum atomic E-state index is 0.802. The maximum Gasteiger partial charge on any atom is -0.0271 e. The van der Waals surface area contributed by atoms with Crippen LogP contribution in [0.4, 0.5) is 0 Å². The summed E-state index contributed by atoms with van der Waals surface area (Å²) < 4.78 is 0. The first-order valence-electron chi connectivity index (χ1n) is 6.69. The molecule has 0 N–H and O–H groups in total. The lowest BCUT2D eigenvalue weighted by Gasteiger charge is -2.15. The van der Waals surface area contributed by atoms with Crippen LogP contribution in [0, 0.1) is 12.8 Å². The summed E-state index contributed by atoms with van der Waals surface area (Å²) in [6.07, 6.45) is 4.90. The summed E-state index contributed by atoms with van der Waals surface area (Å²) in [4.78, 5) is 0. The van der Waals surface area contributed by atoms with Crippen molar-refractivity contribution >= 4 is 0 Å². The van der Waals surface area contributed by atoms with Crippen LogP contribution < -0.4 is 0 Å². The second-order valence-electron chi connectivity index (χ2n) is 5.20. The minimum absolute atomic E-state index is 0.802. The quantitative estimate of drug-likeness (QED) is 0.671. The molecule has 0 spiro atoms. The second-order valence-corrected chi connectivity index (χ2v) is 5.20. The lowest BCUT2D eigenvalue weighted by Crippen LogP contribution is -2.02. The molecule has 1 aromatic carbocycles. The predicted octanol–water partition coefficient (Wildman–Crippen LogP) is 4.71. The third kappa shape index (κ3) is 3.37. The Morgan fingerprint density at radius 3 is 1.88 bits per heavy atom. The van der Waals surface area contributed by atoms with Crippen LogP contribution in [-0.2, 0) is 19.3 Å². The van der Waals surface area contributed by atoms with E-state index in [-0.39, 0.29) is 0 Å². The molecular formula is C16H26. The average molecular weight is 218 g/mol. The largest absolute Gasteiger partial charge is 0.0628 e. The van der Waals surface area contributed by atoms with Gasteiger partial charge in [-0.05, 0) is 55.2 Å². The van der Waals surface area contributed by atoms with E-state index in [2.05, 4.69) is 46.8 Å². The van der Waals surface area contributed by atoms with E-state index in [1.165, 1.54) is 31.2 Å². The molecule has 0 radical (unpaired) electrons. The molecule has 0 atom stereocenters. The van der Waals surface area contributed by atoms with Gasteiger partial charge in [-0.15, -0.1) is 0 Å². The third-order valence-corrected chi connectivity index (χ3v) is 3.31. The van der Waals surface area contributed by atoms with Gasteiger partial charge in [-0.1, -0.05) is 45.4 Å². The Kier molecular flexibility index (Phi) is 5.05. The molecule has 1 rings (SSSR count). The number of rotatable bonds is 5. The summed E-state index contributed by atoms with van der Waals surface area (Å²) in [5.41, 5.74) is 6.18. The Morgan fingerprint density at radius 1 is 1.00 bits per heavy atom. The second kappa shape index (κ2) is 6.08. The van der Waals surface area contributed by atoms with Gasteiger partial charge in [-0.25, -0.2) is 0 Å². The van der Waals surface area contributed by atoms with E-state index in [9.17, 15) is 0 Å². The molecule has 0 unspecified atom stereocenters. The summed E-state index contributed by atoms with van der Waals surface area (Å²) in [5, 5.41) is 0. The Bertz CT molecular complexity index is 309. The molecular weight excluding hydrogens is 192 g/mol. The first-order chi connectivity index (χ1) is 7.58. The highest BCUT2D eigenvalue weighted by Gasteiger charge is 2.08. The van der Waals surface area contributed by atoms with Crippen molar-refractivity contribution in [1.29, 1.82) is 0 Å². The van der Waals surface area contributed by atoms with Crippen LogP contribution in [0.15, 0.2) is 12.1 Å². The highest BCUT2D eigenvalue weighted by Crippen LogP contribution is 2.22. The first kappa shape index (κ1) is 13.3. The van der Waals surface area contributed by atoms with Crippen molar-refractivity contribution in [2.45, 2.75) is 60.3 Å². The van der Waals surface area contributed by atoms with Gasteiger partial charge in [0.1, 0.15) is 0 Å². The topological polar surface area (TPSA) is 0 Å². The monoisotopic (exact) mass is 218 g/mol. The van der Waals surface area contributed by atoms with Crippen molar-refractivity contribution in [3.8, 4) is 0 Å². The van der Waals surface area contributed by atoms with Crippen molar-refractivity contribution in [2.75, 3.05) is 0 Å². The highest BCUT2D eigenvalue weighted by molar-refractivity contribution is 5.39. The normalized spacial score (nSPS) is 11.1. The van der Waals surface area contributed by atoms with Gasteiger partial charge in [0.25, 0.3) is 0 Å². The van der Waals surface area contributed by atoms with Gasteiger partial charge in [0.15, 0.2) is 0 Å². The molecule has 16 heavy (non-hydrogen) atoms. The highest BCUT2D eigenvalue weighted by atomic mass is 14.1. The minimum Gasteiger partial charge on any atom is -0.0628 e. The molecule has 0 fully saturated rings. The van der Waals surface area contributed by atoms with Gasteiger partial charge in [-0.2, -0.15) is 0 Å². The van der Waals surface area contributed by atoms with E-state index < -0.39 is 0 Å². The predicted molar refractivity (Wildman–Crippen MR) is 73.1 cm³/mol. The van der Waals surface area contributed by atoms with E-state index in [1.54, 1.807) is 16.7 Å². The van der Waals surface area contributed by atoms with Crippen LogP contribution in [0.2, 0.25) is 0 Å². The maximum absolute atomic E-state index is 2.37. The summed E-state index contributed by atoms with van der Waals surface area (Å²) in [5.74, 6) is 0.802. The molecule has 0 bridgehead atoms. The Hall–Kier alpha value is -0.780. The summed E-state index contributed by atoms with van der Waals surface area (Å²) >= 11 is 0. The van der Waals surface area contributed by atoms with Crippen LogP contribution in [0.25, 0.3) is 0 Å². The van der Waals surface area contributed by atoms with Gasteiger partial charge >= 0.3 is 0 Å². The Morgan fingerprint density at radius 2 is 1.50 bits per heavy atom. The van der Waals surface area contributed by atoms with Gasteiger partial charge in [0.2, 0.25) is 0 Å². The lowest BCUT2D eigenvalue weighted by atomic mass is 9.90. The Balaban J connectivity index is 3.02. The van der Waals surface area contributed by atoms with E-state index >= 15 is 0 Å². The fraction of sp³-hybridized carbons (Fsp3) is 0.625. The molecule has 1 aromatic rings. The van der Waals surface area contributed by atoms with Crippen LogP contribution in [0.1, 0.15) is 56.4 Å². The zero-order chi connectivity index (χ0) is 12.1. The number of hydrogen-bond donors (Lipinski definition) is 0. The zero-order valence-electron chi connectivity index (χ0n) is 11.6. The Labute approximate surface area is 101 Å². The summed E-state index contributed by atoms with van der Waals surface area (Å²) in [6, 6.07) is 4.74. The van der Waals surface area contributed by atoms with Crippen LogP contribution in [0.5, 0.6) is 0 Å². The third-order valence-electron chi connectivity index (χ3n) is 3.31. The molecule has 0 saturated carbocycles. The fourth-order valence-electron chi connectivity index (χ4n) is 2.36. The van der Waals surface area contributed by atoms with Crippen LogP contribution in [-0.4, -0.2) is 0 Å². The van der Waals surface area contributed by atoms with Crippen molar-refractivity contribution in [1.82, 2.24) is 0 Å². The van der Waals surface area contributed by atoms with E-state index in [0.29, 0.717) is 0 Å². The fourth-order valence-corrected chi connectivity index (χ4v) is 2.36. The van der Waals surface area contributed by atoms with E-state index in [0.717, 1.165) is 5.92 Å². The molecule has 0 aliphatic carbocycles. The van der Waals surface area contributed by atoms with E-state index in [4.69, 9.17) is 0 Å². The molecule has 0 saturated heterocycles. The molecule has 0 heteroatoms. The molecule has 0 heterocycles. The maximum atomic E-state index is 2.37. The summed E-state index contributed by atoms with van der Waals surface area (Å²) in [7, 11) is 0. The number of aryl methyl sites for hydroxylation is 3.